The fourth-order valence-electron chi connectivity index (χ4n) is 2.53. The normalized spacial score (nSPS) is 10.8. The summed E-state index contributed by atoms with van der Waals surface area (Å²) < 4.78 is 10.7. The number of H-pyrrole nitrogens is 1. The zero-order chi connectivity index (χ0) is 20.3. The highest BCUT2D eigenvalue weighted by atomic mass is 35.5. The number of nitrogens with zero attached hydrogens (tertiary/aromatic N) is 1. The molecule has 0 unspecified atom stereocenters. The average molecular weight is 399 g/mol. The molecule has 1 aromatic heterocycles. The number of aromatic nitrogens is 2. The molecule has 0 fully saturated rings. The molecule has 3 rings (SSSR count). The molecule has 2 aromatic carbocycles. The topological polar surface area (TPSA) is 81.3 Å². The first-order chi connectivity index (χ1) is 13.4. The van der Waals surface area contributed by atoms with Crippen LogP contribution in [0.2, 0.25) is 5.02 Å². The van der Waals surface area contributed by atoms with Crippen LogP contribution >= 0.6 is 11.6 Å². The molecule has 0 spiro atoms. The number of halogens is 1. The van der Waals surface area contributed by atoms with Crippen molar-refractivity contribution in [2.45, 2.75) is 13.8 Å². The number of aromatic amines is 1. The standard InChI is InChI=1S/C21H19ClN2O4/c1-12(2)20(25)28-18-9-6-14(10-19(18)27-3)17-11-16(23-21(26)24-17)13-4-7-15(22)8-5-13/h4-12H,1-3H3,(H,23,24,26). The Morgan fingerprint density at radius 2 is 1.71 bits per heavy atom. The minimum absolute atomic E-state index is 0.261. The largest absolute Gasteiger partial charge is 0.493 e. The van der Waals surface area contributed by atoms with Gasteiger partial charge in [0, 0.05) is 16.1 Å². The van der Waals surface area contributed by atoms with Crippen LogP contribution < -0.4 is 15.2 Å². The molecule has 7 heteroatoms. The van der Waals surface area contributed by atoms with Gasteiger partial charge in [0.05, 0.1) is 24.4 Å². The van der Waals surface area contributed by atoms with Crippen molar-refractivity contribution in [3.63, 3.8) is 0 Å². The summed E-state index contributed by atoms with van der Waals surface area (Å²) >= 11 is 5.92. The number of rotatable bonds is 5. The third kappa shape index (κ3) is 4.40. The molecule has 0 amide bonds. The van der Waals surface area contributed by atoms with E-state index in [-0.39, 0.29) is 11.9 Å². The van der Waals surface area contributed by atoms with Crippen LogP contribution in [-0.2, 0) is 4.79 Å². The lowest BCUT2D eigenvalue weighted by atomic mass is 10.1. The van der Waals surface area contributed by atoms with Crippen LogP contribution in [0.25, 0.3) is 22.5 Å². The Morgan fingerprint density at radius 3 is 2.36 bits per heavy atom. The first-order valence-corrected chi connectivity index (χ1v) is 9.02. The lowest BCUT2D eigenvalue weighted by molar-refractivity contribution is -0.137. The highest BCUT2D eigenvalue weighted by Crippen LogP contribution is 2.33. The number of esters is 1. The molecule has 0 aliphatic heterocycles. The van der Waals surface area contributed by atoms with Crippen LogP contribution in [-0.4, -0.2) is 23.0 Å². The molecule has 0 atom stereocenters. The monoisotopic (exact) mass is 398 g/mol. The van der Waals surface area contributed by atoms with E-state index in [4.69, 9.17) is 21.1 Å². The van der Waals surface area contributed by atoms with Crippen LogP contribution in [0.3, 0.4) is 0 Å². The molecule has 0 bridgehead atoms. The predicted octanol–water partition coefficient (Wildman–Crippen LogP) is 4.33. The summed E-state index contributed by atoms with van der Waals surface area (Å²) in [6.45, 7) is 3.51. The van der Waals surface area contributed by atoms with Gasteiger partial charge < -0.3 is 14.5 Å². The van der Waals surface area contributed by atoms with Crippen LogP contribution in [0.15, 0.2) is 53.3 Å². The highest BCUT2D eigenvalue weighted by Gasteiger charge is 2.15. The molecule has 6 nitrogen and oxygen atoms in total. The maximum Gasteiger partial charge on any atom is 0.345 e. The molecule has 3 aromatic rings. The van der Waals surface area contributed by atoms with Gasteiger partial charge in [-0.05, 0) is 36.4 Å². The lowest BCUT2D eigenvalue weighted by Crippen LogP contribution is -2.15. The molecule has 1 N–H and O–H groups in total. The number of carbonyl (C=O) groups excluding carboxylic acids is 1. The fourth-order valence-corrected chi connectivity index (χ4v) is 2.65. The Labute approximate surface area is 167 Å². The average Bonchev–Trinajstić information content (AvgIpc) is 2.68. The second-order valence-electron chi connectivity index (χ2n) is 6.43. The second kappa shape index (κ2) is 8.27. The Bertz CT molecular complexity index is 1060. The molecule has 0 saturated heterocycles. The maximum absolute atomic E-state index is 12.1. The zero-order valence-corrected chi connectivity index (χ0v) is 16.4. The van der Waals surface area contributed by atoms with Crippen LogP contribution in [0.5, 0.6) is 11.5 Å². The molecule has 144 valence electrons. The van der Waals surface area contributed by atoms with Crippen LogP contribution in [0.4, 0.5) is 0 Å². The summed E-state index contributed by atoms with van der Waals surface area (Å²) in [5, 5.41) is 0.602. The van der Waals surface area contributed by atoms with Gasteiger partial charge in [0.25, 0.3) is 0 Å². The number of methoxy groups -OCH3 is 1. The summed E-state index contributed by atoms with van der Waals surface area (Å²) in [5.74, 6) is 0.0905. The predicted molar refractivity (Wildman–Crippen MR) is 108 cm³/mol. The highest BCUT2D eigenvalue weighted by molar-refractivity contribution is 6.30. The van der Waals surface area contributed by atoms with Crippen LogP contribution in [0, 0.1) is 5.92 Å². The quantitative estimate of drug-likeness (QED) is 0.511. The fraction of sp³-hybridized carbons (Fsp3) is 0.190. The number of carbonyl (C=O) groups is 1. The number of nitrogens with one attached hydrogen (secondary N) is 1. The third-order valence-corrected chi connectivity index (χ3v) is 4.29. The van der Waals surface area contributed by atoms with E-state index in [0.717, 1.165) is 5.56 Å². The van der Waals surface area contributed by atoms with E-state index >= 15 is 0 Å². The minimum atomic E-state index is -0.475. The van der Waals surface area contributed by atoms with E-state index in [0.29, 0.717) is 33.5 Å². The first kappa shape index (κ1) is 19.6. The van der Waals surface area contributed by atoms with Crippen LogP contribution in [0.1, 0.15) is 13.8 Å². The van der Waals surface area contributed by atoms with Gasteiger partial charge >= 0.3 is 11.7 Å². The third-order valence-electron chi connectivity index (χ3n) is 4.04. The second-order valence-corrected chi connectivity index (χ2v) is 6.87. The van der Waals surface area contributed by atoms with Gasteiger partial charge in [-0.3, -0.25) is 4.79 Å². The van der Waals surface area contributed by atoms with E-state index in [1.165, 1.54) is 7.11 Å². The summed E-state index contributed by atoms with van der Waals surface area (Å²) in [6, 6.07) is 13.9. The summed E-state index contributed by atoms with van der Waals surface area (Å²) in [4.78, 5) is 30.7. The van der Waals surface area contributed by atoms with Crippen molar-refractivity contribution in [3.8, 4) is 34.0 Å². The van der Waals surface area contributed by atoms with Gasteiger partial charge in [0.2, 0.25) is 0 Å². The Morgan fingerprint density at radius 1 is 1.04 bits per heavy atom. The van der Waals surface area contributed by atoms with Gasteiger partial charge in [-0.2, -0.15) is 4.98 Å². The van der Waals surface area contributed by atoms with E-state index < -0.39 is 5.69 Å². The number of hydrogen-bond donors (Lipinski definition) is 1. The molecule has 1 heterocycles. The van der Waals surface area contributed by atoms with Crippen molar-refractivity contribution in [1.82, 2.24) is 9.97 Å². The van der Waals surface area contributed by atoms with E-state index in [1.807, 2.05) is 0 Å². The Balaban J connectivity index is 2.00. The Kier molecular flexibility index (Phi) is 5.80. The van der Waals surface area contributed by atoms with E-state index in [1.54, 1.807) is 62.4 Å². The number of ether oxygens (including phenoxy) is 2. The minimum Gasteiger partial charge on any atom is -0.493 e. The van der Waals surface area contributed by atoms with Gasteiger partial charge in [0.1, 0.15) is 0 Å². The van der Waals surface area contributed by atoms with Crippen molar-refractivity contribution < 1.29 is 14.3 Å². The first-order valence-electron chi connectivity index (χ1n) is 8.65. The maximum atomic E-state index is 12.1. The smallest absolute Gasteiger partial charge is 0.345 e. The van der Waals surface area contributed by atoms with E-state index in [9.17, 15) is 9.59 Å². The SMILES string of the molecule is COc1cc(-c2cc(-c3ccc(Cl)cc3)nc(=O)[nH]2)ccc1OC(=O)C(C)C. The lowest BCUT2D eigenvalue weighted by Gasteiger charge is -2.12. The molecule has 0 radical (unpaired) electrons. The molecule has 0 saturated carbocycles. The van der Waals surface area contributed by atoms with Crippen molar-refractivity contribution in [2.75, 3.05) is 7.11 Å². The summed E-state index contributed by atoms with van der Waals surface area (Å²) in [5.41, 5.74) is 2.06. The van der Waals surface area contributed by atoms with Gasteiger partial charge in [-0.15, -0.1) is 0 Å². The van der Waals surface area contributed by atoms with Crippen molar-refractivity contribution in [2.24, 2.45) is 5.92 Å². The molecule has 0 aliphatic carbocycles. The zero-order valence-electron chi connectivity index (χ0n) is 15.7. The number of benzene rings is 2. The molecule has 0 aliphatic rings. The Hall–Kier alpha value is -3.12. The van der Waals surface area contributed by atoms with Gasteiger partial charge in [-0.1, -0.05) is 37.6 Å². The van der Waals surface area contributed by atoms with Gasteiger partial charge in [-0.25, -0.2) is 4.79 Å². The van der Waals surface area contributed by atoms with Crippen molar-refractivity contribution in [3.05, 3.63) is 64.0 Å². The summed E-state index contributed by atoms with van der Waals surface area (Å²) in [7, 11) is 1.49. The van der Waals surface area contributed by atoms with Gasteiger partial charge in [0.15, 0.2) is 11.5 Å². The van der Waals surface area contributed by atoms with Crippen molar-refractivity contribution in [1.29, 1.82) is 0 Å². The molecular weight excluding hydrogens is 380 g/mol. The van der Waals surface area contributed by atoms with E-state index in [2.05, 4.69) is 9.97 Å². The van der Waals surface area contributed by atoms with Crippen molar-refractivity contribution >= 4 is 17.6 Å². The molecule has 28 heavy (non-hydrogen) atoms. The molecular formula is C21H19ClN2O4. The summed E-state index contributed by atoms with van der Waals surface area (Å²) in [6.07, 6.45) is 0. The number of hydrogen-bond acceptors (Lipinski definition) is 5.